The van der Waals surface area contributed by atoms with E-state index in [1.165, 1.54) is 0 Å². The Bertz CT molecular complexity index is 78.5. The predicted octanol–water partition coefficient (Wildman–Crippen LogP) is -0.715. The summed E-state index contributed by atoms with van der Waals surface area (Å²) < 4.78 is 0. The lowest BCUT2D eigenvalue weighted by Gasteiger charge is -2.15. The van der Waals surface area contributed by atoms with E-state index in [-0.39, 0.29) is 6.61 Å². The quantitative estimate of drug-likeness (QED) is 0.480. The maximum Gasteiger partial charge on any atom is 0.142 e. The third kappa shape index (κ3) is 1.60. The molecule has 3 N–H and O–H groups in total. The second-order valence-corrected chi connectivity index (χ2v) is 1.86. The minimum atomic E-state index is -1.00. The molecule has 0 radical (unpaired) electrons. The Morgan fingerprint density at radius 1 is 1.88 bits per heavy atom. The van der Waals surface area contributed by atoms with Gasteiger partial charge in [0, 0.05) is 0 Å². The Balaban J connectivity index is 3.76. The van der Waals surface area contributed by atoms with E-state index in [0.717, 1.165) is 0 Å². The number of hydrogen-bond acceptors (Lipinski definition) is 3. The molecular formula is C5H11NO2. The topological polar surface area (TPSA) is 63.3 Å². The highest BCUT2D eigenvalue weighted by Gasteiger charge is 2.19. The average Bonchev–Trinajstić information content (AvgIpc) is 1.87. The van der Waals surface area contributed by atoms with Crippen molar-refractivity contribution in [3.05, 3.63) is 0 Å². The van der Waals surface area contributed by atoms with Crippen LogP contribution in [0.5, 0.6) is 0 Å². The average molecular weight is 117 g/mol. The lowest BCUT2D eigenvalue weighted by molar-refractivity contribution is -0.113. The van der Waals surface area contributed by atoms with E-state index in [1.54, 1.807) is 6.92 Å². The van der Waals surface area contributed by atoms with Gasteiger partial charge < -0.3 is 15.6 Å². The van der Waals surface area contributed by atoms with Crippen LogP contribution < -0.4 is 5.73 Å². The summed E-state index contributed by atoms with van der Waals surface area (Å²) in [5.41, 5.74) is 4.28. The van der Waals surface area contributed by atoms with Gasteiger partial charge in [0.05, 0.1) is 12.1 Å². The van der Waals surface area contributed by atoms with Crippen LogP contribution in [0.3, 0.4) is 0 Å². The van der Waals surface area contributed by atoms with E-state index in [2.05, 4.69) is 0 Å². The summed E-state index contributed by atoms with van der Waals surface area (Å²) in [5, 5.41) is 8.43. The normalized spacial score (nSPS) is 17.4. The van der Waals surface area contributed by atoms with Gasteiger partial charge in [-0.1, -0.05) is 6.92 Å². The summed E-state index contributed by atoms with van der Waals surface area (Å²) in [4.78, 5) is 10.0. The van der Waals surface area contributed by atoms with Gasteiger partial charge in [0.1, 0.15) is 6.29 Å². The smallest absolute Gasteiger partial charge is 0.142 e. The molecule has 0 amide bonds. The molecule has 0 aliphatic heterocycles. The molecule has 0 aromatic rings. The number of aliphatic hydroxyl groups is 1. The zero-order valence-corrected chi connectivity index (χ0v) is 4.92. The third-order valence-corrected chi connectivity index (χ3v) is 1.19. The van der Waals surface area contributed by atoms with Crippen LogP contribution in [0.2, 0.25) is 0 Å². The fourth-order valence-electron chi connectivity index (χ4n) is 0.232. The van der Waals surface area contributed by atoms with Crippen molar-refractivity contribution in [1.29, 1.82) is 0 Å². The van der Waals surface area contributed by atoms with Gasteiger partial charge in [0.25, 0.3) is 0 Å². The zero-order valence-electron chi connectivity index (χ0n) is 4.92. The van der Waals surface area contributed by atoms with Crippen LogP contribution in [0.25, 0.3) is 0 Å². The number of hydrogen-bond donors (Lipinski definition) is 2. The molecule has 3 heteroatoms. The van der Waals surface area contributed by atoms with Gasteiger partial charge in [-0.05, 0) is 6.42 Å². The van der Waals surface area contributed by atoms with E-state index in [4.69, 9.17) is 10.8 Å². The number of nitrogens with two attached hydrogens (primary N) is 1. The fourth-order valence-corrected chi connectivity index (χ4v) is 0.232. The summed E-state index contributed by atoms with van der Waals surface area (Å²) in [7, 11) is 0. The molecule has 0 saturated heterocycles. The first kappa shape index (κ1) is 7.59. The van der Waals surface area contributed by atoms with E-state index >= 15 is 0 Å². The largest absolute Gasteiger partial charge is 0.394 e. The standard InChI is InChI=1S/C5H11NO2/c1-2-5(6,3-7)4-8/h3,8H,2,4,6H2,1H3. The Labute approximate surface area is 48.5 Å². The van der Waals surface area contributed by atoms with Crippen molar-refractivity contribution in [1.82, 2.24) is 0 Å². The highest BCUT2D eigenvalue weighted by Crippen LogP contribution is 1.98. The summed E-state index contributed by atoms with van der Waals surface area (Å²) in [6.07, 6.45) is 1.06. The van der Waals surface area contributed by atoms with Crippen LogP contribution in [-0.4, -0.2) is 23.5 Å². The molecule has 1 unspecified atom stereocenters. The molecule has 0 aromatic heterocycles. The van der Waals surface area contributed by atoms with Gasteiger partial charge in [-0.25, -0.2) is 0 Å². The number of carbonyl (C=O) groups excluding carboxylic acids is 1. The summed E-state index contributed by atoms with van der Waals surface area (Å²) in [5.74, 6) is 0. The molecule has 0 aromatic carbocycles. The summed E-state index contributed by atoms with van der Waals surface area (Å²) in [6, 6.07) is 0. The molecule has 0 rings (SSSR count). The minimum Gasteiger partial charge on any atom is -0.394 e. The Morgan fingerprint density at radius 2 is 2.38 bits per heavy atom. The molecule has 0 saturated carbocycles. The van der Waals surface area contributed by atoms with Crippen LogP contribution in [-0.2, 0) is 4.79 Å². The minimum absolute atomic E-state index is 0.271. The molecule has 8 heavy (non-hydrogen) atoms. The van der Waals surface area contributed by atoms with Gasteiger partial charge in [0.15, 0.2) is 0 Å². The van der Waals surface area contributed by atoms with Gasteiger partial charge in [-0.3, -0.25) is 0 Å². The molecule has 1 atom stereocenters. The Hall–Kier alpha value is -0.410. The number of aliphatic hydroxyl groups excluding tert-OH is 1. The van der Waals surface area contributed by atoms with Crippen molar-refractivity contribution < 1.29 is 9.90 Å². The Morgan fingerprint density at radius 3 is 2.38 bits per heavy atom. The van der Waals surface area contributed by atoms with Crippen LogP contribution in [0.4, 0.5) is 0 Å². The van der Waals surface area contributed by atoms with Crippen molar-refractivity contribution in [3.8, 4) is 0 Å². The lowest BCUT2D eigenvalue weighted by Crippen LogP contribution is -2.44. The highest BCUT2D eigenvalue weighted by atomic mass is 16.3. The second kappa shape index (κ2) is 2.79. The molecule has 0 heterocycles. The SMILES string of the molecule is CCC(N)(C=O)CO. The number of carbonyl (C=O) groups is 1. The first-order valence-electron chi connectivity index (χ1n) is 2.54. The van der Waals surface area contributed by atoms with Crippen molar-refractivity contribution in [2.45, 2.75) is 18.9 Å². The van der Waals surface area contributed by atoms with Gasteiger partial charge >= 0.3 is 0 Å². The highest BCUT2D eigenvalue weighted by molar-refractivity contribution is 5.63. The van der Waals surface area contributed by atoms with Crippen molar-refractivity contribution >= 4 is 6.29 Å². The van der Waals surface area contributed by atoms with E-state index in [1.807, 2.05) is 0 Å². The van der Waals surface area contributed by atoms with Crippen molar-refractivity contribution in [2.24, 2.45) is 5.73 Å². The Kier molecular flexibility index (Phi) is 2.65. The first-order valence-corrected chi connectivity index (χ1v) is 2.54. The molecule has 3 nitrogen and oxygen atoms in total. The molecular weight excluding hydrogens is 106 g/mol. The summed E-state index contributed by atoms with van der Waals surface area (Å²) >= 11 is 0. The van der Waals surface area contributed by atoms with Crippen molar-refractivity contribution in [2.75, 3.05) is 6.61 Å². The lowest BCUT2D eigenvalue weighted by atomic mass is 10.0. The number of rotatable bonds is 3. The zero-order chi connectivity index (χ0) is 6.62. The van der Waals surface area contributed by atoms with Crippen LogP contribution in [0, 0.1) is 0 Å². The van der Waals surface area contributed by atoms with Gasteiger partial charge in [-0.2, -0.15) is 0 Å². The molecule has 48 valence electrons. The van der Waals surface area contributed by atoms with Crippen LogP contribution in [0.1, 0.15) is 13.3 Å². The van der Waals surface area contributed by atoms with Crippen LogP contribution >= 0.6 is 0 Å². The van der Waals surface area contributed by atoms with E-state index in [9.17, 15) is 4.79 Å². The molecule has 0 aliphatic carbocycles. The van der Waals surface area contributed by atoms with Gasteiger partial charge in [-0.15, -0.1) is 0 Å². The molecule has 0 fully saturated rings. The monoisotopic (exact) mass is 117 g/mol. The molecule has 0 aliphatic rings. The summed E-state index contributed by atoms with van der Waals surface area (Å²) in [6.45, 7) is 1.48. The second-order valence-electron chi connectivity index (χ2n) is 1.86. The maximum atomic E-state index is 10.0. The predicted molar refractivity (Wildman–Crippen MR) is 30.4 cm³/mol. The van der Waals surface area contributed by atoms with E-state index in [0.29, 0.717) is 12.7 Å². The van der Waals surface area contributed by atoms with Crippen LogP contribution in [0.15, 0.2) is 0 Å². The first-order chi connectivity index (χ1) is 3.68. The molecule has 0 bridgehead atoms. The van der Waals surface area contributed by atoms with E-state index < -0.39 is 5.54 Å². The third-order valence-electron chi connectivity index (χ3n) is 1.19. The maximum absolute atomic E-state index is 10.0. The number of aldehydes is 1. The molecule has 0 spiro atoms. The fraction of sp³-hybridized carbons (Fsp3) is 0.800. The van der Waals surface area contributed by atoms with Gasteiger partial charge in [0.2, 0.25) is 0 Å². The van der Waals surface area contributed by atoms with Crippen molar-refractivity contribution in [3.63, 3.8) is 0 Å².